The van der Waals surface area contributed by atoms with Gasteiger partial charge in [0.25, 0.3) is 0 Å². The van der Waals surface area contributed by atoms with Crippen molar-refractivity contribution in [2.75, 3.05) is 29.0 Å². The van der Waals surface area contributed by atoms with Gasteiger partial charge >= 0.3 is 0 Å². The molecular formula is C15H19N5. The summed E-state index contributed by atoms with van der Waals surface area (Å²) in [5.74, 6) is 1.51. The first kappa shape index (κ1) is 12.7. The minimum absolute atomic E-state index is 0.620. The SMILES string of the molecule is Cc1ccc(Nc2ncnc(N3CCCC3)c2N)cc1. The summed E-state index contributed by atoms with van der Waals surface area (Å²) in [4.78, 5) is 10.8. The fourth-order valence-electron chi connectivity index (χ4n) is 2.44. The monoisotopic (exact) mass is 269 g/mol. The minimum atomic E-state index is 0.620. The van der Waals surface area contributed by atoms with E-state index in [0.29, 0.717) is 11.5 Å². The predicted molar refractivity (Wildman–Crippen MR) is 82.4 cm³/mol. The first-order valence-electron chi connectivity index (χ1n) is 6.93. The third-order valence-corrected chi connectivity index (χ3v) is 3.58. The van der Waals surface area contributed by atoms with Gasteiger partial charge in [0.1, 0.15) is 12.0 Å². The Morgan fingerprint density at radius 3 is 2.50 bits per heavy atom. The van der Waals surface area contributed by atoms with Crippen molar-refractivity contribution in [3.8, 4) is 0 Å². The van der Waals surface area contributed by atoms with Gasteiger partial charge in [-0.3, -0.25) is 0 Å². The van der Waals surface area contributed by atoms with Gasteiger partial charge in [0.2, 0.25) is 0 Å². The maximum absolute atomic E-state index is 6.21. The molecule has 0 saturated carbocycles. The lowest BCUT2D eigenvalue weighted by Crippen LogP contribution is -2.21. The highest BCUT2D eigenvalue weighted by atomic mass is 15.2. The number of rotatable bonds is 3. The molecule has 1 aliphatic rings. The zero-order chi connectivity index (χ0) is 13.9. The minimum Gasteiger partial charge on any atom is -0.393 e. The summed E-state index contributed by atoms with van der Waals surface area (Å²) >= 11 is 0. The van der Waals surface area contributed by atoms with Crippen molar-refractivity contribution in [1.29, 1.82) is 0 Å². The lowest BCUT2D eigenvalue weighted by atomic mass is 10.2. The molecule has 1 aromatic carbocycles. The number of aryl methyl sites for hydroxylation is 1. The van der Waals surface area contributed by atoms with Gasteiger partial charge in [-0.2, -0.15) is 0 Å². The molecule has 1 aromatic heterocycles. The Labute approximate surface area is 118 Å². The highest BCUT2D eigenvalue weighted by molar-refractivity contribution is 5.78. The van der Waals surface area contributed by atoms with E-state index in [-0.39, 0.29) is 0 Å². The molecule has 20 heavy (non-hydrogen) atoms. The van der Waals surface area contributed by atoms with Gasteiger partial charge < -0.3 is 16.0 Å². The molecule has 0 amide bonds. The number of nitrogen functional groups attached to an aromatic ring is 1. The van der Waals surface area contributed by atoms with Crippen molar-refractivity contribution in [1.82, 2.24) is 9.97 Å². The summed E-state index contributed by atoms with van der Waals surface area (Å²) in [6.45, 7) is 4.10. The zero-order valence-corrected chi connectivity index (χ0v) is 11.6. The average molecular weight is 269 g/mol. The van der Waals surface area contributed by atoms with Crippen molar-refractivity contribution >= 4 is 23.0 Å². The molecule has 0 bridgehead atoms. The topological polar surface area (TPSA) is 67.1 Å². The molecule has 2 aromatic rings. The summed E-state index contributed by atoms with van der Waals surface area (Å²) < 4.78 is 0. The average Bonchev–Trinajstić information content (AvgIpc) is 2.97. The van der Waals surface area contributed by atoms with E-state index < -0.39 is 0 Å². The van der Waals surface area contributed by atoms with Gasteiger partial charge in [-0.1, -0.05) is 17.7 Å². The summed E-state index contributed by atoms with van der Waals surface area (Å²) in [7, 11) is 0. The Balaban J connectivity index is 1.86. The van der Waals surface area contributed by atoms with Crippen LogP contribution in [0.15, 0.2) is 30.6 Å². The number of aromatic nitrogens is 2. The van der Waals surface area contributed by atoms with Gasteiger partial charge in [0, 0.05) is 18.8 Å². The van der Waals surface area contributed by atoms with E-state index in [1.165, 1.54) is 18.4 Å². The predicted octanol–water partition coefficient (Wildman–Crippen LogP) is 2.71. The molecule has 3 rings (SSSR count). The van der Waals surface area contributed by atoms with Crippen LogP contribution in [0.4, 0.5) is 23.0 Å². The molecule has 5 heteroatoms. The van der Waals surface area contributed by atoms with Crippen LogP contribution in [-0.4, -0.2) is 23.1 Å². The smallest absolute Gasteiger partial charge is 0.159 e. The maximum atomic E-state index is 6.21. The van der Waals surface area contributed by atoms with Crippen LogP contribution in [0.25, 0.3) is 0 Å². The van der Waals surface area contributed by atoms with Crippen LogP contribution in [0.1, 0.15) is 18.4 Å². The van der Waals surface area contributed by atoms with Crippen LogP contribution < -0.4 is 16.0 Å². The summed E-state index contributed by atoms with van der Waals surface area (Å²) in [6.07, 6.45) is 3.97. The molecule has 0 atom stereocenters. The molecule has 1 saturated heterocycles. The van der Waals surface area contributed by atoms with E-state index in [2.05, 4.69) is 39.2 Å². The van der Waals surface area contributed by atoms with Crippen LogP contribution in [0.5, 0.6) is 0 Å². The highest BCUT2D eigenvalue weighted by Crippen LogP contribution is 2.30. The number of nitrogens with one attached hydrogen (secondary N) is 1. The van der Waals surface area contributed by atoms with E-state index in [4.69, 9.17) is 5.73 Å². The van der Waals surface area contributed by atoms with E-state index >= 15 is 0 Å². The van der Waals surface area contributed by atoms with Gasteiger partial charge in [0.15, 0.2) is 11.6 Å². The maximum Gasteiger partial charge on any atom is 0.159 e. The number of hydrogen-bond donors (Lipinski definition) is 2. The molecule has 2 heterocycles. The number of nitrogens with two attached hydrogens (primary N) is 1. The Morgan fingerprint density at radius 2 is 1.80 bits per heavy atom. The van der Waals surface area contributed by atoms with Gasteiger partial charge in [-0.25, -0.2) is 9.97 Å². The standard InChI is InChI=1S/C15H19N5/c1-11-4-6-12(7-5-11)19-14-13(16)15(18-10-17-14)20-8-2-3-9-20/h4-7,10H,2-3,8-9,16H2,1H3,(H,17,18,19). The molecule has 5 nitrogen and oxygen atoms in total. The van der Waals surface area contributed by atoms with Crippen LogP contribution in [-0.2, 0) is 0 Å². The largest absolute Gasteiger partial charge is 0.393 e. The molecule has 0 radical (unpaired) electrons. The number of anilines is 4. The Morgan fingerprint density at radius 1 is 1.10 bits per heavy atom. The molecule has 1 fully saturated rings. The Hall–Kier alpha value is -2.30. The Kier molecular flexibility index (Phi) is 3.41. The highest BCUT2D eigenvalue weighted by Gasteiger charge is 2.18. The third-order valence-electron chi connectivity index (χ3n) is 3.58. The number of nitrogens with zero attached hydrogens (tertiary/aromatic N) is 3. The first-order chi connectivity index (χ1) is 9.74. The fraction of sp³-hybridized carbons (Fsp3) is 0.333. The van der Waals surface area contributed by atoms with Crippen molar-refractivity contribution in [3.05, 3.63) is 36.2 Å². The normalized spacial score (nSPS) is 14.6. The van der Waals surface area contributed by atoms with Gasteiger partial charge in [-0.15, -0.1) is 0 Å². The molecule has 0 aliphatic carbocycles. The van der Waals surface area contributed by atoms with E-state index in [9.17, 15) is 0 Å². The third kappa shape index (κ3) is 2.52. The molecule has 3 N–H and O–H groups in total. The summed E-state index contributed by atoms with van der Waals surface area (Å²) in [6, 6.07) is 8.15. The second-order valence-electron chi connectivity index (χ2n) is 5.14. The Bertz CT molecular complexity index is 588. The van der Waals surface area contributed by atoms with Crippen LogP contribution in [0.2, 0.25) is 0 Å². The van der Waals surface area contributed by atoms with Gasteiger partial charge in [0.05, 0.1) is 0 Å². The summed E-state index contributed by atoms with van der Waals surface area (Å²) in [5, 5.41) is 3.26. The van der Waals surface area contributed by atoms with Crippen LogP contribution in [0, 0.1) is 6.92 Å². The number of hydrogen-bond acceptors (Lipinski definition) is 5. The van der Waals surface area contributed by atoms with Gasteiger partial charge in [-0.05, 0) is 31.9 Å². The van der Waals surface area contributed by atoms with Crippen LogP contribution in [0.3, 0.4) is 0 Å². The second-order valence-corrected chi connectivity index (χ2v) is 5.14. The van der Waals surface area contributed by atoms with Crippen molar-refractivity contribution in [3.63, 3.8) is 0 Å². The lowest BCUT2D eigenvalue weighted by Gasteiger charge is -2.19. The zero-order valence-electron chi connectivity index (χ0n) is 11.6. The first-order valence-corrected chi connectivity index (χ1v) is 6.93. The van der Waals surface area contributed by atoms with E-state index in [0.717, 1.165) is 24.6 Å². The van der Waals surface area contributed by atoms with E-state index in [1.807, 2.05) is 12.1 Å². The number of benzene rings is 1. The van der Waals surface area contributed by atoms with E-state index in [1.54, 1.807) is 6.33 Å². The lowest BCUT2D eigenvalue weighted by molar-refractivity contribution is 0.931. The molecule has 1 aliphatic heterocycles. The molecule has 104 valence electrons. The van der Waals surface area contributed by atoms with Crippen molar-refractivity contribution < 1.29 is 0 Å². The second kappa shape index (κ2) is 5.36. The summed E-state index contributed by atoms with van der Waals surface area (Å²) in [5.41, 5.74) is 9.04. The molecule has 0 spiro atoms. The quantitative estimate of drug-likeness (QED) is 0.896. The molecule has 0 unspecified atom stereocenters. The van der Waals surface area contributed by atoms with Crippen molar-refractivity contribution in [2.24, 2.45) is 0 Å². The fourth-order valence-corrected chi connectivity index (χ4v) is 2.44. The molecular weight excluding hydrogens is 250 g/mol. The van der Waals surface area contributed by atoms with Crippen molar-refractivity contribution in [2.45, 2.75) is 19.8 Å². The van der Waals surface area contributed by atoms with Crippen LogP contribution >= 0.6 is 0 Å².